The van der Waals surface area contributed by atoms with Gasteiger partial charge in [-0.3, -0.25) is 0 Å². The smallest absolute Gasteiger partial charge is 0.216 e. The van der Waals surface area contributed by atoms with Crippen molar-refractivity contribution in [1.29, 1.82) is 0 Å². The first kappa shape index (κ1) is 18.9. The number of methoxy groups -OCH3 is 3. The van der Waals surface area contributed by atoms with Gasteiger partial charge in [0.25, 0.3) is 0 Å². The van der Waals surface area contributed by atoms with Gasteiger partial charge in [-0.15, -0.1) is 0 Å². The molecule has 0 aliphatic heterocycles. The van der Waals surface area contributed by atoms with Gasteiger partial charge in [-0.05, 0) is 24.4 Å². The Kier molecular flexibility index (Phi) is 5.78. The van der Waals surface area contributed by atoms with E-state index in [0.717, 1.165) is 0 Å². The van der Waals surface area contributed by atoms with E-state index in [1.54, 1.807) is 45.7 Å². The number of halogens is 1. The number of hydrogen-bond donors (Lipinski definition) is 1. The van der Waals surface area contributed by atoms with Crippen molar-refractivity contribution in [3.63, 3.8) is 0 Å². The normalized spacial score (nSPS) is 11.0. The Labute approximate surface area is 166 Å². The Balaban J connectivity index is 2.10. The van der Waals surface area contributed by atoms with E-state index in [1.807, 2.05) is 18.2 Å². The van der Waals surface area contributed by atoms with Crippen LogP contribution in [0.1, 0.15) is 5.56 Å². The Hall–Kier alpha value is -2.84. The van der Waals surface area contributed by atoms with Gasteiger partial charge in [0.15, 0.2) is 5.82 Å². The average molecular weight is 405 g/mol. The Morgan fingerprint density at radius 3 is 2.37 bits per heavy atom. The molecule has 0 radical (unpaired) electrons. The summed E-state index contributed by atoms with van der Waals surface area (Å²) >= 11 is 11.6. The molecular weight excluding hydrogens is 388 g/mol. The summed E-state index contributed by atoms with van der Waals surface area (Å²) in [6.45, 7) is 0. The summed E-state index contributed by atoms with van der Waals surface area (Å²) in [6, 6.07) is 10.8. The highest BCUT2D eigenvalue weighted by Crippen LogP contribution is 2.33. The van der Waals surface area contributed by atoms with Crippen molar-refractivity contribution in [3.8, 4) is 28.6 Å². The maximum absolute atomic E-state index is 6.28. The lowest BCUT2D eigenvalue weighted by atomic mass is 10.2. The molecule has 0 aliphatic rings. The van der Waals surface area contributed by atoms with Crippen LogP contribution in [0.4, 0.5) is 0 Å². The summed E-state index contributed by atoms with van der Waals surface area (Å²) < 4.78 is 17.9. The molecule has 0 amide bonds. The fourth-order valence-corrected chi connectivity index (χ4v) is 2.89. The fourth-order valence-electron chi connectivity index (χ4n) is 2.49. The summed E-state index contributed by atoms with van der Waals surface area (Å²) in [7, 11) is 4.69. The molecule has 0 atom stereocenters. The van der Waals surface area contributed by atoms with E-state index in [-0.39, 0.29) is 0 Å². The molecule has 3 aromatic rings. The Morgan fingerprint density at radius 1 is 1.11 bits per heavy atom. The van der Waals surface area contributed by atoms with Crippen LogP contribution in [0.5, 0.6) is 17.2 Å². The molecule has 1 aromatic heterocycles. The topological polar surface area (TPSA) is 73.7 Å². The highest BCUT2D eigenvalue weighted by molar-refractivity contribution is 7.71. The van der Waals surface area contributed by atoms with Crippen LogP contribution in [0, 0.1) is 4.77 Å². The summed E-state index contributed by atoms with van der Waals surface area (Å²) in [4.78, 5) is 0. The average Bonchev–Trinajstić information content (AvgIpc) is 3.06. The Bertz CT molecular complexity index is 1020. The van der Waals surface area contributed by atoms with Gasteiger partial charge >= 0.3 is 0 Å². The van der Waals surface area contributed by atoms with E-state index < -0.39 is 0 Å². The molecule has 2 aromatic carbocycles. The van der Waals surface area contributed by atoms with Gasteiger partial charge in [-0.2, -0.15) is 14.9 Å². The highest BCUT2D eigenvalue weighted by Gasteiger charge is 2.14. The van der Waals surface area contributed by atoms with Crippen molar-refractivity contribution in [2.24, 2.45) is 5.10 Å². The van der Waals surface area contributed by atoms with Gasteiger partial charge in [-0.25, -0.2) is 5.10 Å². The lowest BCUT2D eigenvalue weighted by Crippen LogP contribution is -2.00. The van der Waals surface area contributed by atoms with Gasteiger partial charge in [0.05, 0.1) is 38.1 Å². The second-order valence-electron chi connectivity index (χ2n) is 5.33. The molecule has 0 spiro atoms. The molecule has 7 nitrogen and oxygen atoms in total. The second-order valence-corrected chi connectivity index (χ2v) is 6.13. The van der Waals surface area contributed by atoms with Crippen molar-refractivity contribution < 1.29 is 14.2 Å². The predicted octanol–water partition coefficient (Wildman–Crippen LogP) is 4.17. The van der Waals surface area contributed by atoms with Gasteiger partial charge in [-0.1, -0.05) is 23.7 Å². The maximum Gasteiger partial charge on any atom is 0.216 e. The van der Waals surface area contributed by atoms with E-state index in [9.17, 15) is 0 Å². The number of nitrogens with zero attached hydrogens (tertiary/aromatic N) is 3. The molecule has 27 heavy (non-hydrogen) atoms. The van der Waals surface area contributed by atoms with Gasteiger partial charge < -0.3 is 14.2 Å². The standard InChI is InChI=1S/C18H17ClN4O3S/c1-24-11-8-15(25-2)13(16(9-11)26-3)10-20-23-17(21-22-18(23)27)12-6-4-5-7-14(12)19/h4-10H,1-3H3,(H,22,27). The zero-order chi connectivity index (χ0) is 19.4. The lowest BCUT2D eigenvalue weighted by molar-refractivity contribution is 0.374. The number of aromatic nitrogens is 3. The van der Waals surface area contributed by atoms with Crippen LogP contribution >= 0.6 is 23.8 Å². The van der Waals surface area contributed by atoms with E-state index in [4.69, 9.17) is 38.0 Å². The Morgan fingerprint density at radius 2 is 1.78 bits per heavy atom. The van der Waals surface area contributed by atoms with Crippen LogP contribution < -0.4 is 14.2 Å². The zero-order valence-electron chi connectivity index (χ0n) is 14.9. The lowest BCUT2D eigenvalue weighted by Gasteiger charge is -2.12. The van der Waals surface area contributed by atoms with Crippen LogP contribution in [0.2, 0.25) is 5.02 Å². The molecule has 9 heteroatoms. The number of benzene rings is 2. The minimum absolute atomic E-state index is 0.326. The largest absolute Gasteiger partial charge is 0.496 e. The van der Waals surface area contributed by atoms with Crippen molar-refractivity contribution in [2.45, 2.75) is 0 Å². The molecule has 140 valence electrons. The summed E-state index contributed by atoms with van der Waals surface area (Å²) in [5.41, 5.74) is 1.34. The van der Waals surface area contributed by atoms with E-state index >= 15 is 0 Å². The number of H-pyrrole nitrogens is 1. The third kappa shape index (κ3) is 3.81. The zero-order valence-corrected chi connectivity index (χ0v) is 16.5. The summed E-state index contributed by atoms with van der Waals surface area (Å²) in [5.74, 6) is 2.19. The quantitative estimate of drug-likeness (QED) is 0.493. The minimum Gasteiger partial charge on any atom is -0.496 e. The molecule has 1 N–H and O–H groups in total. The number of rotatable bonds is 6. The number of ether oxygens (including phenoxy) is 3. The second kappa shape index (κ2) is 8.24. The van der Waals surface area contributed by atoms with Gasteiger partial charge in [0.1, 0.15) is 17.2 Å². The van der Waals surface area contributed by atoms with Crippen molar-refractivity contribution >= 4 is 30.0 Å². The number of nitrogens with one attached hydrogen (secondary N) is 1. The summed E-state index contributed by atoms with van der Waals surface area (Å²) in [5, 5.41) is 12.0. The molecule has 0 saturated carbocycles. The van der Waals surface area contributed by atoms with Crippen LogP contribution in [0.15, 0.2) is 41.5 Å². The first-order chi connectivity index (χ1) is 13.1. The van der Waals surface area contributed by atoms with Crippen LogP contribution in [-0.2, 0) is 0 Å². The maximum atomic E-state index is 6.28. The van der Waals surface area contributed by atoms with E-state index in [0.29, 0.717) is 44.0 Å². The molecule has 0 bridgehead atoms. The molecule has 0 unspecified atom stereocenters. The van der Waals surface area contributed by atoms with Crippen molar-refractivity contribution in [1.82, 2.24) is 14.9 Å². The van der Waals surface area contributed by atoms with Gasteiger partial charge in [0, 0.05) is 17.7 Å². The number of aromatic amines is 1. The van der Waals surface area contributed by atoms with Crippen LogP contribution in [0.25, 0.3) is 11.4 Å². The van der Waals surface area contributed by atoms with Crippen molar-refractivity contribution in [3.05, 3.63) is 51.8 Å². The first-order valence-electron chi connectivity index (χ1n) is 7.85. The molecule has 3 rings (SSSR count). The molecular formula is C18H17ClN4O3S. The summed E-state index contributed by atoms with van der Waals surface area (Å²) in [6.07, 6.45) is 1.59. The van der Waals surface area contributed by atoms with Gasteiger partial charge in [0.2, 0.25) is 4.77 Å². The third-order valence-corrected chi connectivity index (χ3v) is 4.41. The highest BCUT2D eigenvalue weighted by atomic mass is 35.5. The SMILES string of the molecule is COc1cc(OC)c(C=Nn2c(-c3ccccc3Cl)n[nH]c2=S)c(OC)c1. The van der Waals surface area contributed by atoms with Crippen LogP contribution in [-0.4, -0.2) is 42.4 Å². The van der Waals surface area contributed by atoms with E-state index in [2.05, 4.69) is 15.3 Å². The molecule has 0 aliphatic carbocycles. The number of hydrogen-bond acceptors (Lipinski definition) is 6. The van der Waals surface area contributed by atoms with E-state index in [1.165, 1.54) is 4.68 Å². The molecule has 1 heterocycles. The van der Waals surface area contributed by atoms with Crippen molar-refractivity contribution in [2.75, 3.05) is 21.3 Å². The molecule has 0 saturated heterocycles. The molecule has 0 fully saturated rings. The fraction of sp³-hybridized carbons (Fsp3) is 0.167. The minimum atomic E-state index is 0.326. The first-order valence-corrected chi connectivity index (χ1v) is 8.64. The monoisotopic (exact) mass is 404 g/mol. The predicted molar refractivity (Wildman–Crippen MR) is 107 cm³/mol. The third-order valence-electron chi connectivity index (χ3n) is 3.82. The van der Waals surface area contributed by atoms with Crippen LogP contribution in [0.3, 0.4) is 0 Å².